The Morgan fingerprint density at radius 3 is 2.73 bits per heavy atom. The van der Waals surface area contributed by atoms with Crippen LogP contribution in [0.15, 0.2) is 30.3 Å². The number of fused-ring (bicyclic) bond motifs is 1. The van der Waals surface area contributed by atoms with Crippen molar-refractivity contribution in [3.05, 3.63) is 36.2 Å². The summed E-state index contributed by atoms with van der Waals surface area (Å²) in [6, 6.07) is 9.53. The summed E-state index contributed by atoms with van der Waals surface area (Å²) in [5.41, 5.74) is 1.04. The average Bonchev–Trinajstić information content (AvgIpc) is 2.96. The maximum atomic E-state index is 11.4. The normalized spacial score (nSPS) is 16.2. The Morgan fingerprint density at radius 1 is 1.27 bits per heavy atom. The lowest BCUT2D eigenvalue weighted by atomic mass is 10.1. The summed E-state index contributed by atoms with van der Waals surface area (Å²) < 4.78 is 2.09. The molecule has 0 bridgehead atoms. The fourth-order valence-corrected chi connectivity index (χ4v) is 2.98. The van der Waals surface area contributed by atoms with Crippen molar-refractivity contribution in [1.29, 1.82) is 0 Å². The van der Waals surface area contributed by atoms with Crippen molar-refractivity contribution in [1.82, 2.24) is 19.7 Å². The van der Waals surface area contributed by atoms with Crippen LogP contribution in [0.1, 0.15) is 25.6 Å². The Hall–Kier alpha value is -2.21. The number of aliphatic carboxylic acids is 1. The molecule has 1 aromatic heterocycles. The molecule has 0 radical (unpaired) electrons. The molecule has 0 saturated carbocycles. The minimum Gasteiger partial charge on any atom is -0.480 e. The van der Waals surface area contributed by atoms with Gasteiger partial charge in [-0.15, -0.1) is 10.2 Å². The highest BCUT2D eigenvalue weighted by atomic mass is 16.4. The largest absolute Gasteiger partial charge is 0.480 e. The summed E-state index contributed by atoms with van der Waals surface area (Å²) in [7, 11) is 0. The molecule has 1 atom stereocenters. The Bertz CT molecular complexity index is 653. The molecule has 1 N–H and O–H groups in total. The van der Waals surface area contributed by atoms with Gasteiger partial charge in [-0.05, 0) is 6.42 Å². The fraction of sp³-hybridized carbons (Fsp3) is 0.438. The first kappa shape index (κ1) is 14.7. The molecule has 1 unspecified atom stereocenters. The molecule has 1 aliphatic rings. The molecular weight excluding hydrogens is 280 g/mol. The van der Waals surface area contributed by atoms with Gasteiger partial charge in [-0.1, -0.05) is 43.7 Å². The molecule has 3 rings (SSSR count). The molecule has 116 valence electrons. The number of carboxylic acid groups (broad SMARTS) is 1. The predicted molar refractivity (Wildman–Crippen MR) is 82.2 cm³/mol. The number of rotatable bonds is 5. The zero-order valence-electron chi connectivity index (χ0n) is 12.6. The quantitative estimate of drug-likeness (QED) is 0.914. The zero-order valence-corrected chi connectivity index (χ0v) is 12.6. The summed E-state index contributed by atoms with van der Waals surface area (Å²) in [4.78, 5) is 13.4. The first-order valence-electron chi connectivity index (χ1n) is 7.65. The molecular formula is C16H20N4O2. The molecule has 0 fully saturated rings. The van der Waals surface area contributed by atoms with Crippen molar-refractivity contribution in [2.24, 2.45) is 0 Å². The number of hydrogen-bond donors (Lipinski definition) is 1. The lowest BCUT2D eigenvalue weighted by Gasteiger charge is -2.32. The second-order valence-corrected chi connectivity index (χ2v) is 5.57. The zero-order chi connectivity index (χ0) is 15.5. The van der Waals surface area contributed by atoms with Crippen molar-refractivity contribution < 1.29 is 9.90 Å². The molecule has 6 heteroatoms. The van der Waals surface area contributed by atoms with Gasteiger partial charge in [0.2, 0.25) is 0 Å². The maximum Gasteiger partial charge on any atom is 0.320 e. The highest BCUT2D eigenvalue weighted by molar-refractivity contribution is 5.73. The summed E-state index contributed by atoms with van der Waals surface area (Å²) in [5, 5.41) is 18.0. The smallest absolute Gasteiger partial charge is 0.320 e. The third kappa shape index (κ3) is 2.74. The van der Waals surface area contributed by atoms with E-state index in [-0.39, 0.29) is 0 Å². The van der Waals surface area contributed by atoms with Crippen molar-refractivity contribution in [2.45, 2.75) is 38.9 Å². The number of aromatic nitrogens is 3. The lowest BCUT2D eigenvalue weighted by Crippen LogP contribution is -2.45. The fourth-order valence-electron chi connectivity index (χ4n) is 2.98. The first-order valence-corrected chi connectivity index (χ1v) is 7.65. The van der Waals surface area contributed by atoms with Gasteiger partial charge >= 0.3 is 5.97 Å². The summed E-state index contributed by atoms with van der Waals surface area (Å²) in [5.74, 6) is 0.947. The van der Waals surface area contributed by atoms with Gasteiger partial charge in [-0.3, -0.25) is 9.69 Å². The SMILES string of the molecule is CCCC(C(=O)O)N1CCn2c(nnc2-c2ccccc2)C1. The van der Waals surface area contributed by atoms with Crippen LogP contribution in [-0.2, 0) is 17.9 Å². The molecule has 0 spiro atoms. The Kier molecular flexibility index (Phi) is 4.20. The van der Waals surface area contributed by atoms with Crippen LogP contribution in [0.5, 0.6) is 0 Å². The minimum absolute atomic E-state index is 0.435. The van der Waals surface area contributed by atoms with Gasteiger partial charge in [0.05, 0.1) is 6.54 Å². The lowest BCUT2D eigenvalue weighted by molar-refractivity contribution is -0.144. The van der Waals surface area contributed by atoms with Crippen LogP contribution in [0.3, 0.4) is 0 Å². The third-order valence-corrected chi connectivity index (χ3v) is 4.10. The van der Waals surface area contributed by atoms with Crippen molar-refractivity contribution >= 4 is 5.97 Å². The van der Waals surface area contributed by atoms with Crippen LogP contribution in [0.25, 0.3) is 11.4 Å². The maximum absolute atomic E-state index is 11.4. The number of carbonyl (C=O) groups is 1. The van der Waals surface area contributed by atoms with Crippen LogP contribution in [0, 0.1) is 0 Å². The predicted octanol–water partition coefficient (Wildman–Crippen LogP) is 2.01. The number of nitrogens with zero attached hydrogens (tertiary/aromatic N) is 4. The van der Waals surface area contributed by atoms with E-state index in [0.717, 1.165) is 30.2 Å². The summed E-state index contributed by atoms with van der Waals surface area (Å²) >= 11 is 0. The summed E-state index contributed by atoms with van der Waals surface area (Å²) in [6.07, 6.45) is 1.52. The molecule has 2 aromatic rings. The van der Waals surface area contributed by atoms with E-state index >= 15 is 0 Å². The minimum atomic E-state index is -0.752. The van der Waals surface area contributed by atoms with E-state index in [2.05, 4.69) is 14.8 Å². The molecule has 1 aliphatic heterocycles. The molecule has 0 aliphatic carbocycles. The van der Waals surface area contributed by atoms with Crippen molar-refractivity contribution in [3.8, 4) is 11.4 Å². The number of hydrogen-bond acceptors (Lipinski definition) is 4. The summed E-state index contributed by atoms with van der Waals surface area (Å²) in [6.45, 7) is 3.98. The third-order valence-electron chi connectivity index (χ3n) is 4.10. The number of benzene rings is 1. The topological polar surface area (TPSA) is 71.2 Å². The molecule has 22 heavy (non-hydrogen) atoms. The van der Waals surface area contributed by atoms with Gasteiger partial charge in [0.15, 0.2) is 5.82 Å². The van der Waals surface area contributed by atoms with E-state index in [1.807, 2.05) is 42.2 Å². The monoisotopic (exact) mass is 300 g/mol. The molecule has 6 nitrogen and oxygen atoms in total. The van der Waals surface area contributed by atoms with Crippen molar-refractivity contribution in [3.63, 3.8) is 0 Å². The van der Waals surface area contributed by atoms with Crippen LogP contribution in [0.4, 0.5) is 0 Å². The second-order valence-electron chi connectivity index (χ2n) is 5.57. The van der Waals surface area contributed by atoms with E-state index in [9.17, 15) is 9.90 Å². The van der Waals surface area contributed by atoms with Crippen LogP contribution >= 0.6 is 0 Å². The van der Waals surface area contributed by atoms with E-state index < -0.39 is 12.0 Å². The Labute approximate surface area is 129 Å². The average molecular weight is 300 g/mol. The molecule has 0 amide bonds. The van der Waals surface area contributed by atoms with E-state index in [1.165, 1.54) is 0 Å². The number of carboxylic acids is 1. The molecule has 2 heterocycles. The standard InChI is InChI=1S/C16H20N4O2/c1-2-6-13(16(21)22)19-9-10-20-14(11-19)17-18-15(20)12-7-4-3-5-8-12/h3-5,7-8,13H,2,6,9-11H2,1H3,(H,21,22). The van der Waals surface area contributed by atoms with Gasteiger partial charge in [-0.25, -0.2) is 0 Å². The Morgan fingerprint density at radius 2 is 2.05 bits per heavy atom. The molecule has 0 saturated heterocycles. The van der Waals surface area contributed by atoms with Crippen LogP contribution in [0.2, 0.25) is 0 Å². The van der Waals surface area contributed by atoms with Gasteiger partial charge < -0.3 is 9.67 Å². The van der Waals surface area contributed by atoms with E-state index in [4.69, 9.17) is 0 Å². The molecule has 1 aromatic carbocycles. The van der Waals surface area contributed by atoms with Crippen LogP contribution < -0.4 is 0 Å². The van der Waals surface area contributed by atoms with Gasteiger partial charge in [0.25, 0.3) is 0 Å². The second kappa shape index (κ2) is 6.27. The van der Waals surface area contributed by atoms with E-state index in [0.29, 0.717) is 19.5 Å². The van der Waals surface area contributed by atoms with Crippen LogP contribution in [-0.4, -0.2) is 43.3 Å². The van der Waals surface area contributed by atoms with Gasteiger partial charge in [0.1, 0.15) is 11.9 Å². The van der Waals surface area contributed by atoms with Crippen molar-refractivity contribution in [2.75, 3.05) is 6.54 Å². The highest BCUT2D eigenvalue weighted by Crippen LogP contribution is 2.23. The van der Waals surface area contributed by atoms with Gasteiger partial charge in [-0.2, -0.15) is 0 Å². The first-order chi connectivity index (χ1) is 10.7. The van der Waals surface area contributed by atoms with Gasteiger partial charge in [0, 0.05) is 18.7 Å². The highest BCUT2D eigenvalue weighted by Gasteiger charge is 2.30. The Balaban J connectivity index is 1.83. The van der Waals surface area contributed by atoms with E-state index in [1.54, 1.807) is 0 Å².